The van der Waals surface area contributed by atoms with Gasteiger partial charge in [0.05, 0.1) is 25.3 Å². The maximum atomic E-state index is 12.3. The lowest BCUT2D eigenvalue weighted by molar-refractivity contribution is -0.111. The van der Waals surface area contributed by atoms with Gasteiger partial charge >= 0.3 is 6.09 Å². The van der Waals surface area contributed by atoms with Gasteiger partial charge in [-0.2, -0.15) is 10.3 Å². The zero-order chi connectivity index (χ0) is 20.9. The lowest BCUT2D eigenvalue weighted by Crippen LogP contribution is -2.30. The number of nitriles is 1. The van der Waals surface area contributed by atoms with E-state index in [0.717, 1.165) is 41.0 Å². The average Bonchev–Trinajstić information content (AvgIpc) is 3.51. The van der Waals surface area contributed by atoms with Crippen molar-refractivity contribution in [2.45, 2.75) is 25.7 Å². The number of carbonyl (C=O) groups excluding carboxylic acids is 2. The number of hydrogen-bond acceptors (Lipinski definition) is 7. The summed E-state index contributed by atoms with van der Waals surface area (Å²) in [6, 6.07) is 6.10. The fourth-order valence-corrected chi connectivity index (χ4v) is 5.49. The number of ether oxygens (including phenoxy) is 1. The largest absolute Gasteiger partial charge is 0.448 e. The molecule has 0 spiro atoms. The number of hydroxylamine groups is 2. The van der Waals surface area contributed by atoms with Crippen LogP contribution in [-0.4, -0.2) is 36.8 Å². The molecule has 1 N–H and O–H groups in total. The molecule has 0 aromatic carbocycles. The first-order valence-corrected chi connectivity index (χ1v) is 11.5. The normalized spacial score (nSPS) is 18.2. The third-order valence-corrected chi connectivity index (χ3v) is 7.06. The Balaban J connectivity index is 1.37. The summed E-state index contributed by atoms with van der Waals surface area (Å²) in [5.41, 5.74) is 1.55. The fourth-order valence-electron chi connectivity index (χ4n) is 3.55. The molecule has 9 heteroatoms. The Morgan fingerprint density at radius 2 is 2.37 bits per heavy atom. The molecule has 2 aromatic heterocycles. The molecule has 1 unspecified atom stereocenters. The summed E-state index contributed by atoms with van der Waals surface area (Å²) in [5, 5.41) is 16.3. The Kier molecular flexibility index (Phi) is 6.47. The van der Waals surface area contributed by atoms with Crippen molar-refractivity contribution >= 4 is 45.8 Å². The minimum atomic E-state index is -0.437. The first-order chi connectivity index (χ1) is 14.6. The van der Waals surface area contributed by atoms with E-state index in [9.17, 15) is 14.9 Å². The maximum Gasteiger partial charge on any atom is 0.433 e. The third-order valence-electron chi connectivity index (χ3n) is 5.06. The highest BCUT2D eigenvalue weighted by molar-refractivity contribution is 7.16. The molecular weight excluding hydrogens is 422 g/mol. The lowest BCUT2D eigenvalue weighted by Gasteiger charge is -2.23. The van der Waals surface area contributed by atoms with Crippen molar-refractivity contribution in [3.63, 3.8) is 0 Å². The fraction of sp³-hybridized carbons (Fsp3) is 0.381. The van der Waals surface area contributed by atoms with Crippen molar-refractivity contribution in [1.82, 2.24) is 5.06 Å². The number of fused-ring (bicyclic) bond motifs is 1. The highest BCUT2D eigenvalue weighted by Gasteiger charge is 2.28. The van der Waals surface area contributed by atoms with Crippen LogP contribution in [0.15, 0.2) is 23.6 Å². The van der Waals surface area contributed by atoms with Crippen molar-refractivity contribution < 1.29 is 19.2 Å². The van der Waals surface area contributed by atoms with Crippen LogP contribution in [0.25, 0.3) is 6.08 Å². The van der Waals surface area contributed by atoms with Crippen LogP contribution in [0.4, 0.5) is 9.80 Å². The molecule has 2 aromatic rings. The molecule has 1 fully saturated rings. The highest BCUT2D eigenvalue weighted by atomic mass is 32.1. The maximum absolute atomic E-state index is 12.3. The molecule has 30 heavy (non-hydrogen) atoms. The monoisotopic (exact) mass is 443 g/mol. The topological polar surface area (TPSA) is 91.7 Å². The number of rotatable bonds is 5. The smallest absolute Gasteiger partial charge is 0.433 e. The number of hydrogen-bond donors (Lipinski definition) is 1. The predicted octanol–water partition coefficient (Wildman–Crippen LogP) is 4.21. The van der Waals surface area contributed by atoms with Crippen molar-refractivity contribution in [3.05, 3.63) is 44.5 Å². The zero-order valence-electron chi connectivity index (χ0n) is 16.3. The highest BCUT2D eigenvalue weighted by Crippen LogP contribution is 2.39. The first kappa shape index (κ1) is 20.6. The van der Waals surface area contributed by atoms with Gasteiger partial charge in [0.15, 0.2) is 0 Å². The van der Waals surface area contributed by atoms with E-state index >= 15 is 0 Å². The molecule has 7 nitrogen and oxygen atoms in total. The molecule has 0 saturated carbocycles. The quantitative estimate of drug-likeness (QED) is 0.699. The Bertz CT molecular complexity index is 985. The van der Waals surface area contributed by atoms with Gasteiger partial charge in [-0.05, 0) is 54.7 Å². The summed E-state index contributed by atoms with van der Waals surface area (Å²) < 4.78 is 5.40. The molecule has 0 radical (unpaired) electrons. The summed E-state index contributed by atoms with van der Waals surface area (Å²) in [6.07, 6.45) is 5.92. The second-order valence-electron chi connectivity index (χ2n) is 7.13. The molecule has 2 amide bonds. The van der Waals surface area contributed by atoms with Gasteiger partial charge in [-0.3, -0.25) is 9.63 Å². The predicted molar refractivity (Wildman–Crippen MR) is 115 cm³/mol. The molecular formula is C21H21N3O4S2. The van der Waals surface area contributed by atoms with Crippen LogP contribution in [0.3, 0.4) is 0 Å². The molecule has 2 aliphatic rings. The van der Waals surface area contributed by atoms with E-state index in [-0.39, 0.29) is 11.8 Å². The van der Waals surface area contributed by atoms with Crippen LogP contribution in [0.5, 0.6) is 0 Å². The zero-order valence-corrected chi connectivity index (χ0v) is 17.9. The van der Waals surface area contributed by atoms with Gasteiger partial charge in [0.1, 0.15) is 11.1 Å². The van der Waals surface area contributed by atoms with Crippen LogP contribution >= 0.6 is 22.7 Å². The molecule has 1 aliphatic carbocycles. The van der Waals surface area contributed by atoms with Crippen molar-refractivity contribution in [3.8, 4) is 6.07 Å². The molecule has 3 heterocycles. The summed E-state index contributed by atoms with van der Waals surface area (Å²) in [6.45, 7) is 1.43. The second kappa shape index (κ2) is 9.43. The standard InChI is InChI=1S/C21H21N3O4S2/c22-12-17-16-6-4-14(13-27-21(26)24-8-2-9-28-24)11-18(16)30-20(17)23-19(25)7-5-15-3-1-10-29-15/h1,3,5,7,10,14H,2,4,6,8-9,11,13H2,(H,23,25)/b7-5+. The molecule has 1 atom stereocenters. The Morgan fingerprint density at radius 3 is 3.10 bits per heavy atom. The van der Waals surface area contributed by atoms with Crippen LogP contribution in [0.2, 0.25) is 0 Å². The second-order valence-corrected chi connectivity index (χ2v) is 9.22. The Morgan fingerprint density at radius 1 is 1.47 bits per heavy atom. The summed E-state index contributed by atoms with van der Waals surface area (Å²) in [4.78, 5) is 31.6. The van der Waals surface area contributed by atoms with Gasteiger partial charge in [-0.15, -0.1) is 22.7 Å². The van der Waals surface area contributed by atoms with E-state index in [1.54, 1.807) is 17.4 Å². The van der Waals surface area contributed by atoms with Crippen LogP contribution in [-0.2, 0) is 27.2 Å². The minimum Gasteiger partial charge on any atom is -0.448 e. The number of carbonyl (C=O) groups is 2. The van der Waals surface area contributed by atoms with Crippen molar-refractivity contribution in [2.75, 3.05) is 25.1 Å². The number of nitrogens with zero attached hydrogens (tertiary/aromatic N) is 2. The van der Waals surface area contributed by atoms with Gasteiger partial charge in [0.25, 0.3) is 0 Å². The molecule has 1 aliphatic heterocycles. The van der Waals surface area contributed by atoms with E-state index in [4.69, 9.17) is 9.57 Å². The van der Waals surface area contributed by atoms with E-state index in [1.807, 2.05) is 17.5 Å². The number of thiophene rings is 2. The van der Waals surface area contributed by atoms with E-state index < -0.39 is 6.09 Å². The lowest BCUT2D eigenvalue weighted by atomic mass is 9.88. The van der Waals surface area contributed by atoms with Crippen LogP contribution in [0, 0.1) is 17.2 Å². The van der Waals surface area contributed by atoms with Crippen molar-refractivity contribution in [2.24, 2.45) is 5.92 Å². The number of anilines is 1. The third kappa shape index (κ3) is 4.73. The molecule has 156 valence electrons. The van der Waals surface area contributed by atoms with Gasteiger partial charge in [0.2, 0.25) is 5.91 Å². The van der Waals surface area contributed by atoms with Gasteiger partial charge in [-0.25, -0.2) is 4.79 Å². The summed E-state index contributed by atoms with van der Waals surface area (Å²) >= 11 is 2.99. The van der Waals surface area contributed by atoms with E-state index in [1.165, 1.54) is 22.5 Å². The van der Waals surface area contributed by atoms with E-state index in [2.05, 4.69) is 11.4 Å². The number of nitrogens with one attached hydrogen (secondary N) is 1. The summed E-state index contributed by atoms with van der Waals surface area (Å²) in [5.74, 6) is -0.0638. The van der Waals surface area contributed by atoms with Crippen molar-refractivity contribution in [1.29, 1.82) is 5.26 Å². The van der Waals surface area contributed by atoms with E-state index in [0.29, 0.717) is 30.3 Å². The molecule has 0 bridgehead atoms. The minimum absolute atomic E-state index is 0.191. The van der Waals surface area contributed by atoms with Crippen LogP contribution in [0.1, 0.15) is 33.7 Å². The molecule has 1 saturated heterocycles. The Hall–Kier alpha value is -2.67. The summed E-state index contributed by atoms with van der Waals surface area (Å²) in [7, 11) is 0. The average molecular weight is 444 g/mol. The van der Waals surface area contributed by atoms with Gasteiger partial charge < -0.3 is 10.1 Å². The number of amides is 2. The molecule has 4 rings (SSSR count). The first-order valence-electron chi connectivity index (χ1n) is 9.78. The van der Waals surface area contributed by atoms with Gasteiger partial charge in [-0.1, -0.05) is 6.07 Å². The van der Waals surface area contributed by atoms with Gasteiger partial charge in [0, 0.05) is 15.8 Å². The Labute approximate surface area is 182 Å². The SMILES string of the molecule is N#Cc1c(NC(=O)/C=C/c2cccs2)sc2c1CCC(COC(=O)N1CCCO1)C2. The van der Waals surface area contributed by atoms with Crippen LogP contribution < -0.4 is 5.32 Å².